The Bertz CT molecular complexity index is 1180. The summed E-state index contributed by atoms with van der Waals surface area (Å²) in [4.78, 5) is 31.1. The third-order valence-corrected chi connectivity index (χ3v) is 6.15. The summed E-state index contributed by atoms with van der Waals surface area (Å²) < 4.78 is 7.46. The van der Waals surface area contributed by atoms with E-state index < -0.39 is 5.91 Å². The fourth-order valence-corrected chi connectivity index (χ4v) is 4.29. The minimum atomic E-state index is -0.489. The first-order valence-electron chi connectivity index (χ1n) is 10.2. The molecule has 1 saturated heterocycles. The van der Waals surface area contributed by atoms with Crippen molar-refractivity contribution in [2.45, 2.75) is 19.2 Å². The van der Waals surface area contributed by atoms with E-state index in [1.807, 2.05) is 29.9 Å². The Morgan fingerprint density at radius 1 is 1.35 bits per heavy atom. The lowest BCUT2D eigenvalue weighted by Gasteiger charge is -2.44. The van der Waals surface area contributed by atoms with Crippen molar-refractivity contribution in [3.63, 3.8) is 0 Å². The maximum atomic E-state index is 12.1. The number of carbonyl (C=O) groups excluding carboxylic acids is 2. The van der Waals surface area contributed by atoms with Crippen LogP contribution in [0.3, 0.4) is 0 Å². The van der Waals surface area contributed by atoms with Gasteiger partial charge in [-0.15, -0.1) is 0 Å². The number of fused-ring (bicyclic) bond motifs is 2. The average molecular weight is 420 g/mol. The van der Waals surface area contributed by atoms with Gasteiger partial charge in [0.15, 0.2) is 0 Å². The number of H-pyrrole nitrogens is 1. The number of amides is 2. The van der Waals surface area contributed by atoms with E-state index in [0.717, 1.165) is 34.7 Å². The van der Waals surface area contributed by atoms with Crippen LogP contribution >= 0.6 is 0 Å². The summed E-state index contributed by atoms with van der Waals surface area (Å²) >= 11 is 0. The molecule has 2 aromatic heterocycles. The second kappa shape index (κ2) is 7.28. The fourth-order valence-electron chi connectivity index (χ4n) is 4.29. The molecule has 31 heavy (non-hydrogen) atoms. The summed E-state index contributed by atoms with van der Waals surface area (Å²) in [5.74, 6) is -0.549. The van der Waals surface area contributed by atoms with E-state index >= 15 is 0 Å². The van der Waals surface area contributed by atoms with Gasteiger partial charge in [-0.25, -0.2) is 0 Å². The molecule has 0 spiro atoms. The van der Waals surface area contributed by atoms with Crippen LogP contribution in [0.15, 0.2) is 36.9 Å². The first-order valence-corrected chi connectivity index (χ1v) is 10.2. The van der Waals surface area contributed by atoms with Crippen LogP contribution < -0.4 is 10.6 Å². The average Bonchev–Trinajstić information content (AvgIpc) is 3.35. The number of aromatic nitrogens is 3. The highest BCUT2D eigenvalue weighted by Gasteiger charge is 2.33. The monoisotopic (exact) mass is 420 g/mol. The molecule has 1 aromatic carbocycles. The number of nitrogens with zero attached hydrogens (tertiary/aromatic N) is 4. The molecule has 9 nitrogen and oxygen atoms in total. The van der Waals surface area contributed by atoms with Crippen molar-refractivity contribution in [3.8, 4) is 11.4 Å². The van der Waals surface area contributed by atoms with Gasteiger partial charge in [0, 0.05) is 31.2 Å². The summed E-state index contributed by atoms with van der Waals surface area (Å²) in [6.07, 6.45) is 1.34. The van der Waals surface area contributed by atoms with Gasteiger partial charge in [0.05, 0.1) is 48.3 Å². The lowest BCUT2D eigenvalue weighted by Crippen LogP contribution is -2.60. The number of likely N-dealkylation sites (tertiary alicyclic amines) is 1. The van der Waals surface area contributed by atoms with Crippen LogP contribution in [0, 0.1) is 0 Å². The molecule has 160 valence electrons. The summed E-state index contributed by atoms with van der Waals surface area (Å²) in [7, 11) is 2.00. The molecule has 0 atom stereocenters. The van der Waals surface area contributed by atoms with Crippen molar-refractivity contribution in [1.29, 1.82) is 0 Å². The third-order valence-electron chi connectivity index (χ3n) is 6.15. The minimum absolute atomic E-state index is 0.0597. The van der Waals surface area contributed by atoms with Crippen molar-refractivity contribution in [3.05, 3.63) is 48.2 Å². The van der Waals surface area contributed by atoms with E-state index in [4.69, 9.17) is 10.5 Å². The van der Waals surface area contributed by atoms with Crippen molar-refractivity contribution < 1.29 is 14.3 Å². The highest BCUT2D eigenvalue weighted by molar-refractivity contribution is 6.09. The SMILES string of the molecule is C=CC(=O)N1CC(N(C)c2ccc(C(N)=O)c3[nH]c(-c4cc5n(n4)CCOC5)cc23)C1. The second-order valence-corrected chi connectivity index (χ2v) is 7.98. The van der Waals surface area contributed by atoms with Gasteiger partial charge in [0.2, 0.25) is 5.91 Å². The Morgan fingerprint density at radius 2 is 2.16 bits per heavy atom. The first kappa shape index (κ1) is 19.4. The predicted molar refractivity (Wildman–Crippen MR) is 117 cm³/mol. The highest BCUT2D eigenvalue weighted by Crippen LogP contribution is 2.35. The van der Waals surface area contributed by atoms with E-state index in [1.165, 1.54) is 6.08 Å². The summed E-state index contributed by atoms with van der Waals surface area (Å²) in [5, 5.41) is 5.58. The van der Waals surface area contributed by atoms with Gasteiger partial charge < -0.3 is 25.3 Å². The quantitative estimate of drug-likeness (QED) is 0.608. The Balaban J connectivity index is 1.53. The lowest BCUT2D eigenvalue weighted by atomic mass is 10.0. The second-order valence-electron chi connectivity index (χ2n) is 7.98. The van der Waals surface area contributed by atoms with Crippen LogP contribution in [0.1, 0.15) is 16.1 Å². The molecular weight excluding hydrogens is 396 g/mol. The number of hydrogen-bond acceptors (Lipinski definition) is 5. The van der Waals surface area contributed by atoms with E-state index in [9.17, 15) is 9.59 Å². The number of nitrogens with two attached hydrogens (primary N) is 1. The number of hydrogen-bond donors (Lipinski definition) is 2. The summed E-state index contributed by atoms with van der Waals surface area (Å²) in [6, 6.07) is 7.84. The van der Waals surface area contributed by atoms with Crippen molar-refractivity contribution >= 4 is 28.4 Å². The fraction of sp³-hybridized carbons (Fsp3) is 0.318. The molecule has 0 bridgehead atoms. The lowest BCUT2D eigenvalue weighted by molar-refractivity contribution is -0.130. The van der Waals surface area contributed by atoms with Crippen molar-refractivity contribution in [1.82, 2.24) is 19.7 Å². The molecule has 1 fully saturated rings. The van der Waals surface area contributed by atoms with Gasteiger partial charge in [-0.05, 0) is 30.3 Å². The van der Waals surface area contributed by atoms with Gasteiger partial charge in [0.1, 0.15) is 5.69 Å². The number of rotatable bonds is 5. The number of anilines is 1. The summed E-state index contributed by atoms with van der Waals surface area (Å²) in [5.41, 5.74) is 10.4. The van der Waals surface area contributed by atoms with Crippen molar-refractivity contribution in [2.75, 3.05) is 31.6 Å². The number of primary amides is 1. The number of ether oxygens (including phenoxy) is 1. The van der Waals surface area contributed by atoms with E-state index in [0.29, 0.717) is 37.4 Å². The zero-order valence-electron chi connectivity index (χ0n) is 17.3. The predicted octanol–water partition coefficient (Wildman–Crippen LogP) is 1.49. The van der Waals surface area contributed by atoms with E-state index in [-0.39, 0.29) is 11.9 Å². The van der Waals surface area contributed by atoms with Crippen LogP contribution in [-0.2, 0) is 22.7 Å². The minimum Gasteiger partial charge on any atom is -0.373 e. The molecule has 0 saturated carbocycles. The molecular formula is C22H24N6O3. The number of benzene rings is 1. The first-order chi connectivity index (χ1) is 15.0. The molecule has 2 aliphatic rings. The molecule has 0 unspecified atom stereocenters. The standard InChI is InChI=1S/C22H24N6O3/c1-3-20(29)27-10-14(11-27)26(2)19-5-4-15(22(23)30)21-16(19)9-17(24-21)18-8-13-12-31-7-6-28(13)25-18/h3-5,8-9,14,24H,1,6-7,10-12H2,2H3,(H2,23,30). The Hall–Kier alpha value is -3.59. The van der Waals surface area contributed by atoms with Crippen LogP contribution in [-0.4, -0.2) is 64.3 Å². The number of carbonyl (C=O) groups is 2. The molecule has 0 radical (unpaired) electrons. The van der Waals surface area contributed by atoms with Crippen LogP contribution in [0.4, 0.5) is 5.69 Å². The highest BCUT2D eigenvalue weighted by atomic mass is 16.5. The van der Waals surface area contributed by atoms with Crippen LogP contribution in [0.5, 0.6) is 0 Å². The van der Waals surface area contributed by atoms with Crippen LogP contribution in [0.2, 0.25) is 0 Å². The van der Waals surface area contributed by atoms with E-state index in [2.05, 4.69) is 21.6 Å². The zero-order valence-corrected chi connectivity index (χ0v) is 17.3. The van der Waals surface area contributed by atoms with Gasteiger partial charge >= 0.3 is 0 Å². The Labute approximate surface area is 179 Å². The molecule has 0 aliphatic carbocycles. The largest absolute Gasteiger partial charge is 0.373 e. The molecule has 5 rings (SSSR count). The van der Waals surface area contributed by atoms with Crippen molar-refractivity contribution in [2.24, 2.45) is 5.73 Å². The topological polar surface area (TPSA) is 109 Å². The van der Waals surface area contributed by atoms with Gasteiger partial charge in [-0.3, -0.25) is 14.3 Å². The third kappa shape index (κ3) is 3.17. The summed E-state index contributed by atoms with van der Waals surface area (Å²) in [6.45, 7) is 6.71. The Kier molecular flexibility index (Phi) is 4.55. The number of likely N-dealkylation sites (N-methyl/N-ethyl adjacent to an activating group) is 1. The van der Waals surface area contributed by atoms with Gasteiger partial charge in [0.25, 0.3) is 5.91 Å². The normalized spacial score (nSPS) is 16.1. The smallest absolute Gasteiger partial charge is 0.250 e. The molecule has 2 aliphatic heterocycles. The maximum Gasteiger partial charge on any atom is 0.250 e. The molecule has 3 N–H and O–H groups in total. The number of aromatic amines is 1. The zero-order chi connectivity index (χ0) is 21.7. The van der Waals surface area contributed by atoms with Crippen LogP contribution in [0.25, 0.3) is 22.3 Å². The maximum absolute atomic E-state index is 12.1. The molecule has 2 amide bonds. The molecule has 3 aromatic rings. The van der Waals surface area contributed by atoms with E-state index in [1.54, 1.807) is 11.0 Å². The Morgan fingerprint density at radius 3 is 2.87 bits per heavy atom. The van der Waals surface area contributed by atoms with Gasteiger partial charge in [-0.2, -0.15) is 5.10 Å². The molecule has 4 heterocycles. The van der Waals surface area contributed by atoms with Gasteiger partial charge in [-0.1, -0.05) is 6.58 Å². The number of nitrogens with one attached hydrogen (secondary N) is 1. The molecule has 9 heteroatoms.